The average Bonchev–Trinajstić information content (AvgIpc) is 2.02. The van der Waals surface area contributed by atoms with Crippen LogP contribution in [0.15, 0.2) is 0 Å². The molecule has 0 aromatic rings. The van der Waals surface area contributed by atoms with Crippen LogP contribution in [0.5, 0.6) is 0 Å². The summed E-state index contributed by atoms with van der Waals surface area (Å²) < 4.78 is 11.5. The highest BCUT2D eigenvalue weighted by molar-refractivity contribution is 8.01. The Bertz CT molecular complexity index is 141. The molecule has 0 aliphatic rings. The molecule has 0 radical (unpaired) electrons. The predicted molar refractivity (Wildman–Crippen MR) is 73.1 cm³/mol. The molecule has 14 heavy (non-hydrogen) atoms. The molecule has 4 heteroatoms. The van der Waals surface area contributed by atoms with Crippen LogP contribution in [-0.4, -0.2) is 37.7 Å². The van der Waals surface area contributed by atoms with E-state index in [1.165, 1.54) is 0 Å². The van der Waals surface area contributed by atoms with E-state index in [0.717, 1.165) is 23.0 Å². The number of rotatable bonds is 8. The highest BCUT2D eigenvalue weighted by Gasteiger charge is 2.02. The van der Waals surface area contributed by atoms with Crippen LogP contribution < -0.4 is 0 Å². The van der Waals surface area contributed by atoms with E-state index >= 15 is 0 Å². The zero-order valence-electron chi connectivity index (χ0n) is 9.62. The second-order valence-corrected chi connectivity index (χ2v) is 8.75. The first-order chi connectivity index (χ1) is 6.52. The van der Waals surface area contributed by atoms with Crippen LogP contribution in [0.25, 0.3) is 0 Å². The molecule has 0 aromatic carbocycles. The summed E-state index contributed by atoms with van der Waals surface area (Å²) in [6.07, 6.45) is 0. The van der Waals surface area contributed by atoms with Crippen molar-refractivity contribution in [1.82, 2.24) is 0 Å². The van der Waals surface area contributed by atoms with Crippen molar-refractivity contribution in [3.05, 3.63) is 0 Å². The van der Waals surface area contributed by atoms with E-state index in [0.29, 0.717) is 10.5 Å². The minimum atomic E-state index is -0.595. The van der Waals surface area contributed by atoms with Gasteiger partial charge >= 0.3 is 0 Å². The molecule has 0 rings (SSSR count). The Labute approximate surface area is 99.6 Å². The summed E-state index contributed by atoms with van der Waals surface area (Å²) in [4.78, 5) is 0. The maximum absolute atomic E-state index is 11.5. The lowest BCUT2D eigenvalue weighted by molar-refractivity contribution is 0.685. The quantitative estimate of drug-likeness (QED) is 0.663. The normalized spacial score (nSPS) is 11.9. The molecule has 0 spiro atoms. The highest BCUT2D eigenvalue weighted by atomic mass is 32.2. The summed E-state index contributed by atoms with van der Waals surface area (Å²) in [6.45, 7) is 8.73. The molecule has 86 valence electrons. The molecule has 0 N–H and O–H groups in total. The molecule has 0 amide bonds. The Hall–Kier alpha value is 0.850. The molecule has 0 saturated carbocycles. The molecular weight excluding hydrogens is 232 g/mol. The first-order valence-corrected chi connectivity index (χ1v) is 8.69. The Morgan fingerprint density at radius 1 is 0.929 bits per heavy atom. The summed E-state index contributed by atoms with van der Waals surface area (Å²) in [5.41, 5.74) is 0. The lowest BCUT2D eigenvalue weighted by Crippen LogP contribution is -2.08. The topological polar surface area (TPSA) is 17.1 Å². The first-order valence-electron chi connectivity index (χ1n) is 5.10. The molecule has 0 unspecified atom stereocenters. The Morgan fingerprint density at radius 2 is 1.29 bits per heavy atom. The largest absolute Gasteiger partial charge is 0.260 e. The number of hydrogen-bond donors (Lipinski definition) is 0. The van der Waals surface area contributed by atoms with E-state index in [4.69, 9.17) is 0 Å². The van der Waals surface area contributed by atoms with E-state index in [9.17, 15) is 4.21 Å². The average molecular weight is 254 g/mol. The van der Waals surface area contributed by atoms with Gasteiger partial charge in [-0.1, -0.05) is 27.7 Å². The summed E-state index contributed by atoms with van der Waals surface area (Å²) >= 11 is 3.80. The van der Waals surface area contributed by atoms with Gasteiger partial charge in [0, 0.05) is 33.8 Å². The van der Waals surface area contributed by atoms with Crippen LogP contribution >= 0.6 is 23.5 Å². The number of hydrogen-bond acceptors (Lipinski definition) is 3. The van der Waals surface area contributed by atoms with E-state index < -0.39 is 10.8 Å². The van der Waals surface area contributed by atoms with Crippen LogP contribution in [0.1, 0.15) is 27.7 Å². The van der Waals surface area contributed by atoms with Crippen molar-refractivity contribution in [2.24, 2.45) is 0 Å². The van der Waals surface area contributed by atoms with Gasteiger partial charge in [-0.15, -0.1) is 0 Å². The SMILES string of the molecule is CC(C)SCCS(=O)CCSC(C)C. The van der Waals surface area contributed by atoms with Crippen LogP contribution in [0, 0.1) is 0 Å². The molecule has 0 atom stereocenters. The molecular formula is C10H22OS3. The van der Waals surface area contributed by atoms with Crippen molar-refractivity contribution < 1.29 is 4.21 Å². The van der Waals surface area contributed by atoms with Crippen molar-refractivity contribution in [2.45, 2.75) is 38.2 Å². The van der Waals surface area contributed by atoms with Crippen LogP contribution in [0.3, 0.4) is 0 Å². The number of thioether (sulfide) groups is 2. The summed E-state index contributed by atoms with van der Waals surface area (Å²) in [6, 6.07) is 0. The molecule has 1 nitrogen and oxygen atoms in total. The monoisotopic (exact) mass is 254 g/mol. The van der Waals surface area contributed by atoms with Crippen molar-refractivity contribution in [2.75, 3.05) is 23.0 Å². The summed E-state index contributed by atoms with van der Waals surface area (Å²) in [5, 5.41) is 1.33. The second kappa shape index (κ2) is 9.10. The Kier molecular flexibility index (Phi) is 9.66. The van der Waals surface area contributed by atoms with Gasteiger partial charge in [-0.3, -0.25) is 4.21 Å². The van der Waals surface area contributed by atoms with E-state index in [1.54, 1.807) is 0 Å². The van der Waals surface area contributed by atoms with Crippen LogP contribution in [0.4, 0.5) is 0 Å². The zero-order valence-corrected chi connectivity index (χ0v) is 12.1. The van der Waals surface area contributed by atoms with Crippen molar-refractivity contribution >= 4 is 34.3 Å². The zero-order chi connectivity index (χ0) is 11.0. The van der Waals surface area contributed by atoms with Gasteiger partial charge < -0.3 is 0 Å². The van der Waals surface area contributed by atoms with Crippen molar-refractivity contribution in [3.63, 3.8) is 0 Å². The molecule has 0 heterocycles. The van der Waals surface area contributed by atoms with E-state index in [2.05, 4.69) is 27.7 Å². The van der Waals surface area contributed by atoms with E-state index in [-0.39, 0.29) is 0 Å². The maximum Gasteiger partial charge on any atom is 0.0326 e. The van der Waals surface area contributed by atoms with Crippen molar-refractivity contribution in [1.29, 1.82) is 0 Å². The third-order valence-electron chi connectivity index (χ3n) is 1.52. The lowest BCUT2D eigenvalue weighted by atomic mass is 10.6. The fourth-order valence-corrected chi connectivity index (χ4v) is 4.26. The molecule has 0 aliphatic carbocycles. The summed E-state index contributed by atoms with van der Waals surface area (Å²) in [5.74, 6) is 3.80. The predicted octanol–water partition coefficient (Wildman–Crippen LogP) is 3.02. The molecule has 0 aromatic heterocycles. The van der Waals surface area contributed by atoms with Gasteiger partial charge in [0.2, 0.25) is 0 Å². The fourth-order valence-electron chi connectivity index (χ4n) is 0.856. The Morgan fingerprint density at radius 3 is 1.57 bits per heavy atom. The van der Waals surface area contributed by atoms with Crippen molar-refractivity contribution in [3.8, 4) is 0 Å². The standard InChI is InChI=1S/C10H22OS3/c1-9(2)12-5-7-14(11)8-6-13-10(3)4/h9-10H,5-8H2,1-4H3. The Balaban J connectivity index is 3.28. The van der Waals surface area contributed by atoms with E-state index in [1.807, 2.05) is 23.5 Å². The first kappa shape index (κ1) is 14.8. The van der Waals surface area contributed by atoms with Gasteiger partial charge in [0.15, 0.2) is 0 Å². The van der Waals surface area contributed by atoms with Crippen LogP contribution in [-0.2, 0) is 10.8 Å². The molecule has 0 saturated heterocycles. The van der Waals surface area contributed by atoms with Gasteiger partial charge in [-0.2, -0.15) is 23.5 Å². The van der Waals surface area contributed by atoms with Crippen LogP contribution in [0.2, 0.25) is 0 Å². The highest BCUT2D eigenvalue weighted by Crippen LogP contribution is 2.11. The molecule has 0 fully saturated rings. The van der Waals surface area contributed by atoms with Gasteiger partial charge in [0.25, 0.3) is 0 Å². The smallest absolute Gasteiger partial charge is 0.0326 e. The van der Waals surface area contributed by atoms with Gasteiger partial charge in [0.1, 0.15) is 0 Å². The maximum atomic E-state index is 11.5. The fraction of sp³-hybridized carbons (Fsp3) is 1.00. The molecule has 0 aliphatic heterocycles. The third-order valence-corrected chi connectivity index (χ3v) is 5.57. The van der Waals surface area contributed by atoms with Gasteiger partial charge in [0.05, 0.1) is 0 Å². The summed E-state index contributed by atoms with van der Waals surface area (Å²) in [7, 11) is -0.595. The minimum absolute atomic E-state index is 0.595. The van der Waals surface area contributed by atoms with Gasteiger partial charge in [-0.05, 0) is 10.5 Å². The minimum Gasteiger partial charge on any atom is -0.260 e. The third kappa shape index (κ3) is 10.9. The second-order valence-electron chi connectivity index (χ2n) is 3.69. The lowest BCUT2D eigenvalue weighted by Gasteiger charge is -2.06. The van der Waals surface area contributed by atoms with Gasteiger partial charge in [-0.25, -0.2) is 0 Å². The molecule has 0 bridgehead atoms.